The molecule has 0 aliphatic heterocycles. The number of benzene rings is 1. The van der Waals surface area contributed by atoms with Gasteiger partial charge in [-0.25, -0.2) is 4.79 Å². The van der Waals surface area contributed by atoms with Gasteiger partial charge in [0, 0.05) is 5.56 Å². The van der Waals surface area contributed by atoms with Gasteiger partial charge in [0.25, 0.3) is 0 Å². The zero-order valence-corrected chi connectivity index (χ0v) is 11.8. The summed E-state index contributed by atoms with van der Waals surface area (Å²) in [6, 6.07) is 8.58. The average Bonchev–Trinajstić information content (AvgIpc) is 2.37. The highest BCUT2D eigenvalue weighted by Crippen LogP contribution is 2.61. The molecule has 1 unspecified atom stereocenters. The van der Waals surface area contributed by atoms with Gasteiger partial charge in [0.15, 0.2) is 0 Å². The van der Waals surface area contributed by atoms with Crippen molar-refractivity contribution in [3.05, 3.63) is 35.9 Å². The van der Waals surface area contributed by atoms with E-state index in [2.05, 4.69) is 0 Å². The summed E-state index contributed by atoms with van der Waals surface area (Å²) in [5.41, 5.74) is 5.53. The zero-order chi connectivity index (χ0) is 14.3. The topological polar surface area (TPSA) is 87.8 Å². The average molecular weight is 287 g/mol. The Balaban J connectivity index is 3.14. The van der Waals surface area contributed by atoms with Crippen LogP contribution in [0.4, 0.5) is 4.79 Å². The first-order chi connectivity index (χ1) is 9.03. The minimum atomic E-state index is -3.63. The summed E-state index contributed by atoms with van der Waals surface area (Å²) >= 11 is 0. The van der Waals surface area contributed by atoms with Crippen LogP contribution in [0.3, 0.4) is 0 Å². The number of hydrogen-bond acceptors (Lipinski definition) is 5. The van der Waals surface area contributed by atoms with Gasteiger partial charge in [0.1, 0.15) is 0 Å². The fourth-order valence-electron chi connectivity index (χ4n) is 1.58. The minimum absolute atomic E-state index is 0.169. The van der Waals surface area contributed by atoms with Crippen LogP contribution < -0.4 is 5.73 Å². The molecule has 0 aliphatic rings. The predicted octanol–water partition coefficient (Wildman–Crippen LogP) is 3.05. The minimum Gasteiger partial charge on any atom is -0.428 e. The van der Waals surface area contributed by atoms with Crippen molar-refractivity contribution in [3.63, 3.8) is 0 Å². The Bertz CT molecular complexity index is 441. The molecule has 0 heterocycles. The van der Waals surface area contributed by atoms with E-state index in [0.29, 0.717) is 5.56 Å². The number of nitrogens with two attached hydrogens (primary N) is 1. The van der Waals surface area contributed by atoms with Crippen LogP contribution in [0.2, 0.25) is 0 Å². The normalized spacial score (nSPS) is 12.9. The van der Waals surface area contributed by atoms with Gasteiger partial charge in [-0.15, -0.1) is 0 Å². The van der Waals surface area contributed by atoms with Crippen molar-refractivity contribution < 1.29 is 23.1 Å². The predicted molar refractivity (Wildman–Crippen MR) is 70.7 cm³/mol. The summed E-state index contributed by atoms with van der Waals surface area (Å²) in [5, 5.41) is 0. The second kappa shape index (κ2) is 7.28. The summed E-state index contributed by atoms with van der Waals surface area (Å²) in [6.45, 7) is 3.70. The maximum Gasteiger partial charge on any atom is 0.405 e. The van der Waals surface area contributed by atoms with Crippen LogP contribution in [0.15, 0.2) is 30.3 Å². The van der Waals surface area contributed by atoms with Crippen LogP contribution in [0, 0.1) is 0 Å². The quantitative estimate of drug-likeness (QED) is 0.779. The maximum absolute atomic E-state index is 12.7. The molecule has 1 aromatic rings. The molecule has 1 aromatic carbocycles. The standard InChI is InChI=1S/C12H18NO5P/c1-3-16-19(15,17-4-2)11(18-12(13)14)10-8-6-5-7-9-10/h5-9,11H,3-4H2,1-2H3,(H2,13,14). The van der Waals surface area contributed by atoms with Crippen molar-refractivity contribution in [2.24, 2.45) is 5.73 Å². The molecule has 1 amide bonds. The van der Waals surface area contributed by atoms with Crippen LogP contribution in [-0.2, 0) is 18.3 Å². The van der Waals surface area contributed by atoms with Gasteiger partial charge in [-0.05, 0) is 13.8 Å². The highest BCUT2D eigenvalue weighted by Gasteiger charge is 2.39. The monoisotopic (exact) mass is 287 g/mol. The van der Waals surface area contributed by atoms with E-state index in [4.69, 9.17) is 19.5 Å². The highest BCUT2D eigenvalue weighted by molar-refractivity contribution is 7.54. The van der Waals surface area contributed by atoms with E-state index in [9.17, 15) is 9.36 Å². The Morgan fingerprint density at radius 3 is 2.16 bits per heavy atom. The molecule has 7 heteroatoms. The largest absolute Gasteiger partial charge is 0.428 e. The SMILES string of the molecule is CCOP(=O)(OCC)C(OC(N)=O)c1ccccc1. The van der Waals surface area contributed by atoms with E-state index in [-0.39, 0.29) is 13.2 Å². The third-order valence-electron chi connectivity index (χ3n) is 2.22. The highest BCUT2D eigenvalue weighted by atomic mass is 31.2. The van der Waals surface area contributed by atoms with E-state index in [1.807, 2.05) is 0 Å². The second-order valence-electron chi connectivity index (χ2n) is 3.58. The summed E-state index contributed by atoms with van der Waals surface area (Å²) in [6.07, 6.45) is -1.03. The lowest BCUT2D eigenvalue weighted by atomic mass is 10.2. The summed E-state index contributed by atoms with van der Waals surface area (Å²) in [5.74, 6) is -1.16. The second-order valence-corrected chi connectivity index (χ2v) is 5.64. The van der Waals surface area contributed by atoms with Crippen LogP contribution in [0.25, 0.3) is 0 Å². The van der Waals surface area contributed by atoms with E-state index in [1.165, 1.54) is 0 Å². The Hall–Kier alpha value is -1.36. The molecule has 0 bridgehead atoms. The zero-order valence-electron chi connectivity index (χ0n) is 10.9. The molecule has 1 atom stereocenters. The Morgan fingerprint density at radius 2 is 1.74 bits per heavy atom. The van der Waals surface area contributed by atoms with Crippen molar-refractivity contribution in [2.45, 2.75) is 19.7 Å². The maximum atomic E-state index is 12.7. The molecule has 0 radical (unpaired) electrons. The smallest absolute Gasteiger partial charge is 0.405 e. The lowest BCUT2D eigenvalue weighted by molar-refractivity contribution is 0.109. The molecule has 19 heavy (non-hydrogen) atoms. The Morgan fingerprint density at radius 1 is 1.21 bits per heavy atom. The third kappa shape index (κ3) is 4.35. The van der Waals surface area contributed by atoms with E-state index in [0.717, 1.165) is 0 Å². The molecule has 0 saturated carbocycles. The van der Waals surface area contributed by atoms with Gasteiger partial charge in [0.2, 0.25) is 5.85 Å². The van der Waals surface area contributed by atoms with Crippen molar-refractivity contribution >= 4 is 13.7 Å². The Labute approximate surface area is 112 Å². The lowest BCUT2D eigenvalue weighted by Gasteiger charge is -2.25. The first kappa shape index (κ1) is 15.7. The number of primary amides is 1. The number of carbonyl (C=O) groups excluding carboxylic acids is 1. The van der Waals surface area contributed by atoms with Gasteiger partial charge >= 0.3 is 13.7 Å². The van der Waals surface area contributed by atoms with Crippen molar-refractivity contribution in [3.8, 4) is 0 Å². The number of carbonyl (C=O) groups is 1. The molecule has 0 saturated heterocycles. The molecular formula is C12H18NO5P. The summed E-state index contributed by atoms with van der Waals surface area (Å²) in [4.78, 5) is 11.0. The first-order valence-corrected chi connectivity index (χ1v) is 7.54. The molecule has 0 fully saturated rings. The van der Waals surface area contributed by atoms with Gasteiger partial charge in [0.05, 0.1) is 13.2 Å². The number of rotatable bonds is 7. The van der Waals surface area contributed by atoms with Crippen molar-refractivity contribution in [1.82, 2.24) is 0 Å². The molecule has 0 aliphatic carbocycles. The van der Waals surface area contributed by atoms with Crippen LogP contribution in [0.1, 0.15) is 25.3 Å². The van der Waals surface area contributed by atoms with Crippen molar-refractivity contribution in [1.29, 1.82) is 0 Å². The van der Waals surface area contributed by atoms with E-state index in [1.54, 1.807) is 44.2 Å². The molecule has 2 N–H and O–H groups in total. The van der Waals surface area contributed by atoms with Crippen molar-refractivity contribution in [2.75, 3.05) is 13.2 Å². The number of hydrogen-bond donors (Lipinski definition) is 1. The summed E-state index contributed by atoms with van der Waals surface area (Å²) in [7, 11) is -3.63. The van der Waals surface area contributed by atoms with Crippen LogP contribution >= 0.6 is 7.60 Å². The number of ether oxygens (including phenoxy) is 1. The van der Waals surface area contributed by atoms with Crippen LogP contribution in [0.5, 0.6) is 0 Å². The molecule has 0 spiro atoms. The fourth-order valence-corrected chi connectivity index (χ4v) is 3.41. The molecular weight excluding hydrogens is 269 g/mol. The fraction of sp³-hybridized carbons (Fsp3) is 0.417. The number of amides is 1. The lowest BCUT2D eigenvalue weighted by Crippen LogP contribution is -2.19. The molecule has 106 valence electrons. The van der Waals surface area contributed by atoms with Gasteiger partial charge in [-0.2, -0.15) is 0 Å². The van der Waals surface area contributed by atoms with Gasteiger partial charge in [-0.1, -0.05) is 30.3 Å². The first-order valence-electron chi connectivity index (χ1n) is 5.93. The van der Waals surface area contributed by atoms with E-state index >= 15 is 0 Å². The molecule has 1 rings (SSSR count). The van der Waals surface area contributed by atoms with Crippen LogP contribution in [-0.4, -0.2) is 19.3 Å². The van der Waals surface area contributed by atoms with Gasteiger partial charge in [-0.3, -0.25) is 4.57 Å². The van der Waals surface area contributed by atoms with E-state index < -0.39 is 19.5 Å². The Kier molecular flexibility index (Phi) is 6.02. The van der Waals surface area contributed by atoms with Gasteiger partial charge < -0.3 is 19.5 Å². The third-order valence-corrected chi connectivity index (χ3v) is 4.43. The molecule has 6 nitrogen and oxygen atoms in total. The summed E-state index contributed by atoms with van der Waals surface area (Å²) < 4.78 is 28.0. The molecule has 0 aromatic heterocycles.